The van der Waals surface area contributed by atoms with Gasteiger partial charge in [0.25, 0.3) is 0 Å². The normalized spacial score (nSPS) is 23.0. The molecule has 40 heavy (non-hydrogen) atoms. The topological polar surface area (TPSA) is 132 Å². The number of para-hydroxylation sites is 1. The smallest absolute Gasteiger partial charge is 0.329 e. The van der Waals surface area contributed by atoms with Gasteiger partial charge < -0.3 is 28.6 Å². The summed E-state index contributed by atoms with van der Waals surface area (Å²) in [5.41, 5.74) is -0.358. The minimum Gasteiger partial charge on any atom is -0.496 e. The summed E-state index contributed by atoms with van der Waals surface area (Å²) in [7, 11) is 1.57. The quantitative estimate of drug-likeness (QED) is 0.468. The van der Waals surface area contributed by atoms with Crippen molar-refractivity contribution >= 4 is 34.6 Å². The van der Waals surface area contributed by atoms with Gasteiger partial charge in [-0.05, 0) is 45.3 Å². The molecule has 11 nitrogen and oxygen atoms in total. The number of amides is 3. The Labute approximate surface area is 236 Å². The molecule has 0 spiro atoms. The summed E-state index contributed by atoms with van der Waals surface area (Å²) in [6.45, 7) is 5.72. The van der Waals surface area contributed by atoms with Gasteiger partial charge in [0.1, 0.15) is 23.7 Å². The van der Waals surface area contributed by atoms with Crippen LogP contribution < -0.4 is 4.74 Å². The molecule has 3 atom stereocenters. The summed E-state index contributed by atoms with van der Waals surface area (Å²) in [5, 5.41) is 9.37. The molecular weight excluding hydrogens is 538 g/mol. The molecule has 1 N–H and O–H groups in total. The lowest BCUT2D eigenvalue weighted by molar-refractivity contribution is -0.158. The second-order valence-electron chi connectivity index (χ2n) is 10.5. The number of urea groups is 1. The van der Waals surface area contributed by atoms with Crippen LogP contribution in [0.15, 0.2) is 46.7 Å². The molecule has 0 saturated carbocycles. The number of aromatic nitrogens is 1. The molecule has 1 aromatic carbocycles. The molecule has 2 fully saturated rings. The molecule has 0 aliphatic carbocycles. The molecule has 2 aromatic rings. The summed E-state index contributed by atoms with van der Waals surface area (Å²) in [6, 6.07) is 6.76. The van der Waals surface area contributed by atoms with E-state index in [0.29, 0.717) is 48.2 Å². The lowest BCUT2D eigenvalue weighted by Crippen LogP contribution is -2.67. The fraction of sp³-hybridized carbons (Fsp3) is 0.500. The molecule has 3 amide bonds. The molecule has 3 aliphatic rings. The number of thioether (sulfide) groups is 1. The predicted octanol–water partition coefficient (Wildman–Crippen LogP) is 4.17. The molecule has 214 valence electrons. The Morgan fingerprint density at radius 2 is 1.98 bits per heavy atom. The van der Waals surface area contributed by atoms with E-state index < -0.39 is 40.8 Å². The maximum Gasteiger partial charge on any atom is 0.329 e. The van der Waals surface area contributed by atoms with Crippen LogP contribution >= 0.6 is 11.8 Å². The molecular formula is C28H33N3O8S. The summed E-state index contributed by atoms with van der Waals surface area (Å²) in [4.78, 5) is 47.6. The SMILES string of the molecule is COc1ccccc1[C@H](CN1C(=O)N(C(C)(C)C(=O)O)C(=O)C2C(C)=C(c3ncco3)SC21)OC1CCOCC1. The third-order valence-corrected chi connectivity index (χ3v) is 9.16. The number of carbonyl (C=O) groups is 3. The lowest BCUT2D eigenvalue weighted by atomic mass is 9.91. The van der Waals surface area contributed by atoms with Crippen LogP contribution in [0.1, 0.15) is 51.2 Å². The van der Waals surface area contributed by atoms with Crippen LogP contribution in [0.5, 0.6) is 5.75 Å². The maximum absolute atomic E-state index is 14.1. The van der Waals surface area contributed by atoms with Crippen molar-refractivity contribution in [3.05, 3.63) is 53.8 Å². The average Bonchev–Trinajstić information content (AvgIpc) is 3.59. The van der Waals surface area contributed by atoms with E-state index in [1.165, 1.54) is 38.1 Å². The third-order valence-electron chi connectivity index (χ3n) is 7.66. The lowest BCUT2D eigenvalue weighted by Gasteiger charge is -2.47. The summed E-state index contributed by atoms with van der Waals surface area (Å²) >= 11 is 1.32. The molecule has 0 radical (unpaired) electrons. The van der Waals surface area contributed by atoms with Crippen molar-refractivity contribution in [1.29, 1.82) is 0 Å². The van der Waals surface area contributed by atoms with Gasteiger partial charge >= 0.3 is 12.0 Å². The van der Waals surface area contributed by atoms with Gasteiger partial charge in [0, 0.05) is 18.8 Å². The Morgan fingerprint density at radius 3 is 2.62 bits per heavy atom. The van der Waals surface area contributed by atoms with Crippen LogP contribution in [0, 0.1) is 5.92 Å². The van der Waals surface area contributed by atoms with Crippen molar-refractivity contribution in [3.8, 4) is 5.75 Å². The first-order valence-corrected chi connectivity index (χ1v) is 14.0. The van der Waals surface area contributed by atoms with E-state index in [-0.39, 0.29) is 12.6 Å². The zero-order chi connectivity index (χ0) is 28.6. The van der Waals surface area contributed by atoms with Crippen molar-refractivity contribution < 1.29 is 38.1 Å². The highest BCUT2D eigenvalue weighted by molar-refractivity contribution is 8.09. The van der Waals surface area contributed by atoms with Gasteiger partial charge in [-0.2, -0.15) is 0 Å². The van der Waals surface area contributed by atoms with Gasteiger partial charge in [-0.1, -0.05) is 30.0 Å². The Morgan fingerprint density at radius 1 is 1.25 bits per heavy atom. The number of hydrogen-bond donors (Lipinski definition) is 1. The van der Waals surface area contributed by atoms with Gasteiger partial charge in [0.15, 0.2) is 0 Å². The fourth-order valence-corrected chi connectivity index (χ4v) is 6.89. The van der Waals surface area contributed by atoms with Crippen molar-refractivity contribution in [2.24, 2.45) is 5.92 Å². The first-order valence-electron chi connectivity index (χ1n) is 13.2. The highest BCUT2D eigenvalue weighted by atomic mass is 32.2. The van der Waals surface area contributed by atoms with Gasteiger partial charge in [0.05, 0.1) is 42.2 Å². The van der Waals surface area contributed by atoms with E-state index in [0.717, 1.165) is 10.5 Å². The molecule has 0 bridgehead atoms. The molecule has 3 aliphatic heterocycles. The summed E-state index contributed by atoms with van der Waals surface area (Å²) in [5.74, 6) is -1.68. The standard InChI is InChI=1S/C28H33N3O8S/c1-16-21-24(32)31(28(2,3)26(33)34)27(35)30(25(21)40-22(16)23-29-11-14-38-23)15-20(39-17-9-12-37-13-10-17)18-7-5-6-8-19(18)36-4/h5-8,11,14,17,20-21,25H,9-10,12-13,15H2,1-4H3,(H,33,34)/t20-,21?,25?/m0/s1. The number of carbonyl (C=O) groups excluding carboxylic acids is 2. The number of methoxy groups -OCH3 is 1. The first kappa shape index (κ1) is 28.2. The van der Waals surface area contributed by atoms with E-state index in [1.54, 1.807) is 18.9 Å². The third kappa shape index (κ3) is 4.99. The van der Waals surface area contributed by atoms with Crippen LogP contribution in [0.4, 0.5) is 4.79 Å². The number of ether oxygens (including phenoxy) is 3. The second-order valence-corrected chi connectivity index (χ2v) is 11.6. The fourth-order valence-electron chi connectivity index (χ4n) is 5.38. The number of fused-ring (bicyclic) bond motifs is 1. The second kappa shape index (κ2) is 11.3. The highest BCUT2D eigenvalue weighted by Crippen LogP contribution is 2.52. The molecule has 1 aromatic heterocycles. The number of carboxylic acid groups (broad SMARTS) is 1. The number of nitrogens with zero attached hydrogens (tertiary/aromatic N) is 3. The minimum absolute atomic E-state index is 0.0658. The van der Waals surface area contributed by atoms with Crippen molar-refractivity contribution in [3.63, 3.8) is 0 Å². The summed E-state index contributed by atoms with van der Waals surface area (Å²) in [6.07, 6.45) is 3.65. The van der Waals surface area contributed by atoms with Crippen LogP contribution in [0.25, 0.3) is 4.91 Å². The number of hydrogen-bond acceptors (Lipinski definition) is 9. The monoisotopic (exact) mass is 571 g/mol. The molecule has 4 heterocycles. The number of imide groups is 1. The van der Waals surface area contributed by atoms with Crippen molar-refractivity contribution in [2.45, 2.75) is 56.7 Å². The predicted molar refractivity (Wildman–Crippen MR) is 145 cm³/mol. The van der Waals surface area contributed by atoms with Crippen LogP contribution in [0.2, 0.25) is 0 Å². The van der Waals surface area contributed by atoms with Crippen LogP contribution in [0.3, 0.4) is 0 Å². The van der Waals surface area contributed by atoms with Gasteiger partial charge in [-0.25, -0.2) is 19.5 Å². The Balaban J connectivity index is 1.57. The van der Waals surface area contributed by atoms with Crippen LogP contribution in [-0.4, -0.2) is 81.7 Å². The van der Waals surface area contributed by atoms with Crippen molar-refractivity contribution in [1.82, 2.24) is 14.8 Å². The van der Waals surface area contributed by atoms with Crippen LogP contribution in [-0.2, 0) is 19.1 Å². The number of oxazole rings is 1. The van der Waals surface area contributed by atoms with E-state index in [2.05, 4.69) is 4.98 Å². The first-order chi connectivity index (χ1) is 19.1. The van der Waals surface area contributed by atoms with Gasteiger partial charge in [-0.15, -0.1) is 0 Å². The van der Waals surface area contributed by atoms with E-state index >= 15 is 0 Å². The van der Waals surface area contributed by atoms with E-state index in [1.807, 2.05) is 24.3 Å². The van der Waals surface area contributed by atoms with Crippen molar-refractivity contribution in [2.75, 3.05) is 26.9 Å². The molecule has 2 unspecified atom stereocenters. The van der Waals surface area contributed by atoms with E-state index in [9.17, 15) is 19.5 Å². The molecule has 2 saturated heterocycles. The highest BCUT2D eigenvalue weighted by Gasteiger charge is 2.57. The number of benzene rings is 1. The number of carboxylic acids is 1. The largest absolute Gasteiger partial charge is 0.496 e. The van der Waals surface area contributed by atoms with E-state index in [4.69, 9.17) is 18.6 Å². The Kier molecular flexibility index (Phi) is 7.94. The Hall–Kier alpha value is -3.35. The zero-order valence-corrected chi connectivity index (χ0v) is 23.7. The van der Waals surface area contributed by atoms with Gasteiger partial charge in [0.2, 0.25) is 11.8 Å². The zero-order valence-electron chi connectivity index (χ0n) is 22.9. The molecule has 12 heteroatoms. The summed E-state index contributed by atoms with van der Waals surface area (Å²) < 4.78 is 23.3. The molecule has 5 rings (SSSR count). The average molecular weight is 572 g/mol. The Bertz CT molecular complexity index is 1300. The van der Waals surface area contributed by atoms with Gasteiger partial charge in [-0.3, -0.25) is 4.79 Å². The minimum atomic E-state index is -1.78. The number of aliphatic carboxylic acids is 1. The number of rotatable bonds is 9. The maximum atomic E-state index is 14.1.